The fraction of sp³-hybridized carbons (Fsp3) is 0.316. The molecule has 3 nitrogen and oxygen atoms in total. The minimum absolute atomic E-state index is 0.00617. The van der Waals surface area contributed by atoms with E-state index in [1.165, 1.54) is 5.56 Å². The molecule has 0 saturated heterocycles. The van der Waals surface area contributed by atoms with Crippen molar-refractivity contribution in [1.82, 2.24) is 5.32 Å². The summed E-state index contributed by atoms with van der Waals surface area (Å²) in [7, 11) is 0. The predicted molar refractivity (Wildman–Crippen MR) is 99.9 cm³/mol. The Morgan fingerprint density at radius 2 is 1.57 bits per heavy atom. The number of carbonyl (C=O) groups is 1. The zero-order chi connectivity index (χ0) is 16.8. The zero-order valence-corrected chi connectivity index (χ0v) is 15.4. The fourth-order valence-electron chi connectivity index (χ4n) is 2.39. The second kappa shape index (κ2) is 8.16. The molecule has 2 aromatic rings. The summed E-state index contributed by atoms with van der Waals surface area (Å²) in [5.41, 5.74) is 3.21. The predicted octanol–water partition coefficient (Wildman–Crippen LogP) is 5.85. The highest BCUT2D eigenvalue weighted by molar-refractivity contribution is 9.10. The Hall–Kier alpha value is -1.81. The second-order valence-electron chi connectivity index (χ2n) is 5.89. The molecule has 2 rings (SSSR count). The Kier molecular flexibility index (Phi) is 6.22. The molecule has 0 saturated carbocycles. The van der Waals surface area contributed by atoms with Gasteiger partial charge in [0.25, 0.3) is 0 Å². The molecule has 0 aliphatic heterocycles. The SMILES string of the molecule is CCC(NC(=O)Nc1ccc(Br)cc1)c1ccc(C(C)C)cc1. The van der Waals surface area contributed by atoms with Gasteiger partial charge in [-0.3, -0.25) is 0 Å². The van der Waals surface area contributed by atoms with E-state index < -0.39 is 0 Å². The van der Waals surface area contributed by atoms with Gasteiger partial charge in [-0.15, -0.1) is 0 Å². The highest BCUT2D eigenvalue weighted by Gasteiger charge is 2.13. The van der Waals surface area contributed by atoms with Crippen LogP contribution in [0.1, 0.15) is 50.3 Å². The first-order valence-electron chi connectivity index (χ1n) is 7.92. The van der Waals surface area contributed by atoms with Gasteiger partial charge in [0, 0.05) is 10.2 Å². The summed E-state index contributed by atoms with van der Waals surface area (Å²) < 4.78 is 0.986. The van der Waals surface area contributed by atoms with E-state index in [4.69, 9.17) is 0 Å². The smallest absolute Gasteiger partial charge is 0.319 e. The van der Waals surface area contributed by atoms with E-state index in [0.29, 0.717) is 5.92 Å². The van der Waals surface area contributed by atoms with Gasteiger partial charge in [-0.1, -0.05) is 61.0 Å². The number of urea groups is 1. The van der Waals surface area contributed by atoms with Crippen LogP contribution in [0.4, 0.5) is 10.5 Å². The molecule has 0 bridgehead atoms. The van der Waals surface area contributed by atoms with Crippen molar-refractivity contribution in [1.29, 1.82) is 0 Å². The first-order chi connectivity index (χ1) is 11.0. The first kappa shape index (κ1) is 17.5. The number of halogens is 1. The molecule has 0 spiro atoms. The fourth-order valence-corrected chi connectivity index (χ4v) is 2.66. The Labute approximate surface area is 146 Å². The van der Waals surface area contributed by atoms with Gasteiger partial charge < -0.3 is 10.6 Å². The van der Waals surface area contributed by atoms with Crippen LogP contribution in [0.3, 0.4) is 0 Å². The van der Waals surface area contributed by atoms with Crippen LogP contribution in [-0.4, -0.2) is 6.03 Å². The largest absolute Gasteiger partial charge is 0.331 e. The molecule has 0 aliphatic carbocycles. The van der Waals surface area contributed by atoms with Gasteiger partial charge in [0.1, 0.15) is 0 Å². The second-order valence-corrected chi connectivity index (χ2v) is 6.80. The topological polar surface area (TPSA) is 41.1 Å². The van der Waals surface area contributed by atoms with Crippen LogP contribution in [0.15, 0.2) is 53.0 Å². The number of rotatable bonds is 5. The maximum Gasteiger partial charge on any atom is 0.319 e. The monoisotopic (exact) mass is 374 g/mol. The van der Waals surface area contributed by atoms with Crippen molar-refractivity contribution < 1.29 is 4.79 Å². The summed E-state index contributed by atoms with van der Waals surface area (Å²) in [6.07, 6.45) is 0.842. The van der Waals surface area contributed by atoms with Gasteiger partial charge in [0.05, 0.1) is 6.04 Å². The molecule has 0 aliphatic rings. The molecule has 2 aromatic carbocycles. The first-order valence-corrected chi connectivity index (χ1v) is 8.71. The number of hydrogen-bond acceptors (Lipinski definition) is 1. The molecule has 0 heterocycles. The summed E-state index contributed by atoms with van der Waals surface area (Å²) in [5, 5.41) is 5.90. The minimum atomic E-state index is -0.188. The Morgan fingerprint density at radius 3 is 2.09 bits per heavy atom. The van der Waals surface area contributed by atoms with Crippen molar-refractivity contribution in [2.45, 2.75) is 39.2 Å². The third-order valence-electron chi connectivity index (χ3n) is 3.82. The maximum absolute atomic E-state index is 12.2. The highest BCUT2D eigenvalue weighted by atomic mass is 79.9. The number of anilines is 1. The van der Waals surface area contributed by atoms with Gasteiger partial charge in [-0.05, 0) is 47.7 Å². The van der Waals surface area contributed by atoms with Crippen LogP contribution >= 0.6 is 15.9 Å². The highest BCUT2D eigenvalue weighted by Crippen LogP contribution is 2.21. The van der Waals surface area contributed by atoms with Crippen molar-refractivity contribution in [3.8, 4) is 0 Å². The van der Waals surface area contributed by atoms with Crippen LogP contribution in [-0.2, 0) is 0 Å². The summed E-state index contributed by atoms with van der Waals surface area (Å²) in [4.78, 5) is 12.2. The van der Waals surface area contributed by atoms with Crippen LogP contribution < -0.4 is 10.6 Å². The van der Waals surface area contributed by atoms with E-state index in [2.05, 4.69) is 71.6 Å². The molecule has 0 radical (unpaired) electrons. The quantitative estimate of drug-likeness (QED) is 0.677. The van der Waals surface area contributed by atoms with Crippen molar-refractivity contribution in [3.05, 3.63) is 64.1 Å². The Balaban J connectivity index is 2.00. The maximum atomic E-state index is 12.2. The normalized spacial score (nSPS) is 12.0. The summed E-state index contributed by atoms with van der Waals surface area (Å²) >= 11 is 3.38. The van der Waals surface area contributed by atoms with Gasteiger partial charge in [-0.2, -0.15) is 0 Å². The average Bonchev–Trinajstić information content (AvgIpc) is 2.55. The summed E-state index contributed by atoms with van der Waals surface area (Å²) in [6, 6.07) is 15.8. The van der Waals surface area contributed by atoms with E-state index in [1.807, 2.05) is 24.3 Å². The lowest BCUT2D eigenvalue weighted by Gasteiger charge is -2.19. The van der Waals surface area contributed by atoms with Crippen LogP contribution in [0.5, 0.6) is 0 Å². The van der Waals surface area contributed by atoms with Gasteiger partial charge >= 0.3 is 6.03 Å². The van der Waals surface area contributed by atoms with Crippen molar-refractivity contribution >= 4 is 27.6 Å². The number of carbonyl (C=O) groups excluding carboxylic acids is 1. The Morgan fingerprint density at radius 1 is 1.00 bits per heavy atom. The van der Waals surface area contributed by atoms with Gasteiger partial charge in [-0.25, -0.2) is 4.79 Å². The molecule has 1 atom stereocenters. The molecule has 4 heteroatoms. The molecular weight excluding hydrogens is 352 g/mol. The number of nitrogens with one attached hydrogen (secondary N) is 2. The van der Waals surface area contributed by atoms with Crippen LogP contribution in [0.25, 0.3) is 0 Å². The lowest BCUT2D eigenvalue weighted by molar-refractivity contribution is 0.248. The molecule has 2 N–H and O–H groups in total. The lowest BCUT2D eigenvalue weighted by atomic mass is 9.98. The Bertz CT molecular complexity index is 635. The molecule has 0 fully saturated rings. The van der Waals surface area contributed by atoms with Crippen molar-refractivity contribution in [3.63, 3.8) is 0 Å². The zero-order valence-electron chi connectivity index (χ0n) is 13.8. The minimum Gasteiger partial charge on any atom is -0.331 e. The standard InChI is InChI=1S/C19H23BrN2O/c1-4-18(15-7-5-14(6-8-15)13(2)3)22-19(23)21-17-11-9-16(20)10-12-17/h5-13,18H,4H2,1-3H3,(H2,21,22,23). The third kappa shape index (κ3) is 5.10. The van der Waals surface area contributed by atoms with Crippen molar-refractivity contribution in [2.75, 3.05) is 5.32 Å². The van der Waals surface area contributed by atoms with Crippen molar-refractivity contribution in [2.24, 2.45) is 0 Å². The molecule has 1 unspecified atom stereocenters. The molecule has 2 amide bonds. The van der Waals surface area contributed by atoms with E-state index >= 15 is 0 Å². The van der Waals surface area contributed by atoms with E-state index in [1.54, 1.807) is 0 Å². The lowest BCUT2D eigenvalue weighted by Crippen LogP contribution is -2.32. The number of amides is 2. The molecule has 0 aromatic heterocycles. The van der Waals surface area contributed by atoms with Gasteiger partial charge in [0.15, 0.2) is 0 Å². The van der Waals surface area contributed by atoms with E-state index in [0.717, 1.165) is 22.1 Å². The summed E-state index contributed by atoms with van der Waals surface area (Å²) in [6.45, 7) is 6.42. The van der Waals surface area contributed by atoms with Crippen LogP contribution in [0.2, 0.25) is 0 Å². The number of hydrogen-bond donors (Lipinski definition) is 2. The third-order valence-corrected chi connectivity index (χ3v) is 4.35. The van der Waals surface area contributed by atoms with Gasteiger partial charge in [0.2, 0.25) is 0 Å². The van der Waals surface area contributed by atoms with Crippen LogP contribution in [0, 0.1) is 0 Å². The average molecular weight is 375 g/mol. The number of benzene rings is 2. The van der Waals surface area contributed by atoms with E-state index in [-0.39, 0.29) is 12.1 Å². The molecular formula is C19H23BrN2O. The van der Waals surface area contributed by atoms with E-state index in [9.17, 15) is 4.79 Å². The molecule has 122 valence electrons. The molecule has 23 heavy (non-hydrogen) atoms. The summed E-state index contributed by atoms with van der Waals surface area (Å²) in [5.74, 6) is 0.512.